The molecule has 4 heterocycles. The summed E-state index contributed by atoms with van der Waals surface area (Å²) < 4.78 is 34.0. The Morgan fingerprint density at radius 2 is 2.00 bits per heavy atom. The third-order valence-electron chi connectivity index (χ3n) is 6.32. The van der Waals surface area contributed by atoms with Crippen LogP contribution in [0, 0.1) is 28.9 Å². The molecule has 1 spiro atoms. The van der Waals surface area contributed by atoms with E-state index in [0.717, 1.165) is 57.7 Å². The molecule has 7 nitrogen and oxygen atoms in total. The molecule has 31 heavy (non-hydrogen) atoms. The minimum atomic E-state index is -0.764. The molecule has 0 atom stereocenters. The van der Waals surface area contributed by atoms with E-state index in [1.165, 1.54) is 10.6 Å². The van der Waals surface area contributed by atoms with Gasteiger partial charge in [0.2, 0.25) is 5.95 Å². The van der Waals surface area contributed by atoms with Gasteiger partial charge in [-0.3, -0.25) is 14.5 Å². The summed E-state index contributed by atoms with van der Waals surface area (Å²) in [6.45, 7) is 3.23. The second-order valence-corrected chi connectivity index (χ2v) is 8.24. The molecular weight excluding hydrogens is 404 g/mol. The molecule has 2 aromatic heterocycles. The molecule has 0 saturated carbocycles. The van der Waals surface area contributed by atoms with Gasteiger partial charge in [-0.05, 0) is 42.7 Å². The quantitative estimate of drug-likeness (QED) is 0.606. The predicted molar refractivity (Wildman–Crippen MR) is 111 cm³/mol. The van der Waals surface area contributed by atoms with Crippen molar-refractivity contribution in [3.8, 4) is 11.8 Å². The first kappa shape index (κ1) is 19.7. The van der Waals surface area contributed by atoms with Crippen molar-refractivity contribution in [1.82, 2.24) is 19.7 Å². The molecule has 0 unspecified atom stereocenters. The molecule has 0 bridgehead atoms. The average molecular weight is 425 g/mol. The van der Waals surface area contributed by atoms with E-state index in [9.17, 15) is 13.6 Å². The minimum absolute atomic E-state index is 0.0312. The van der Waals surface area contributed by atoms with Gasteiger partial charge in [-0.1, -0.05) is 5.92 Å². The number of benzene rings is 1. The van der Waals surface area contributed by atoms with Crippen molar-refractivity contribution in [2.24, 2.45) is 12.5 Å². The highest BCUT2D eigenvalue weighted by atomic mass is 19.1. The lowest BCUT2D eigenvalue weighted by Crippen LogP contribution is -2.43. The molecule has 2 aliphatic rings. The zero-order valence-corrected chi connectivity index (χ0v) is 17.0. The second kappa shape index (κ2) is 7.46. The first-order chi connectivity index (χ1) is 15.0. The van der Waals surface area contributed by atoms with Crippen LogP contribution < -0.4 is 10.5 Å². The molecule has 0 amide bonds. The first-order valence-corrected chi connectivity index (χ1v) is 10.2. The number of anilines is 1. The van der Waals surface area contributed by atoms with E-state index in [-0.39, 0.29) is 33.3 Å². The summed E-state index contributed by atoms with van der Waals surface area (Å²) in [7, 11) is 1.68. The van der Waals surface area contributed by atoms with Gasteiger partial charge in [0.15, 0.2) is 5.65 Å². The normalized spacial score (nSPS) is 17.8. The van der Waals surface area contributed by atoms with E-state index >= 15 is 0 Å². The maximum Gasteiger partial charge on any atom is 0.267 e. The third-order valence-corrected chi connectivity index (χ3v) is 6.32. The molecule has 1 aromatic carbocycles. The highest BCUT2D eigenvalue weighted by Gasteiger charge is 2.38. The Bertz CT molecular complexity index is 1270. The van der Waals surface area contributed by atoms with E-state index < -0.39 is 11.6 Å². The van der Waals surface area contributed by atoms with Crippen molar-refractivity contribution in [1.29, 1.82) is 0 Å². The Hall–Kier alpha value is -3.25. The summed E-state index contributed by atoms with van der Waals surface area (Å²) in [5, 5.41) is 7.11. The average Bonchev–Trinajstić information content (AvgIpc) is 3.38. The van der Waals surface area contributed by atoms with Crippen LogP contribution in [0.25, 0.3) is 11.0 Å². The Balaban J connectivity index is 1.46. The number of aromatic nitrogens is 4. The lowest BCUT2D eigenvalue weighted by atomic mass is 9.78. The number of fused-ring (bicyclic) bond motifs is 1. The fourth-order valence-corrected chi connectivity index (χ4v) is 4.36. The van der Waals surface area contributed by atoms with Crippen molar-refractivity contribution in [3.63, 3.8) is 0 Å². The number of nitrogens with zero attached hydrogens (tertiary/aromatic N) is 4. The van der Waals surface area contributed by atoms with Gasteiger partial charge in [0, 0.05) is 32.8 Å². The van der Waals surface area contributed by atoms with Crippen LogP contribution in [0.2, 0.25) is 0 Å². The molecule has 5 rings (SSSR count). The number of hydrogen-bond acceptors (Lipinski definition) is 5. The topological polar surface area (TPSA) is 76.0 Å². The van der Waals surface area contributed by atoms with Crippen LogP contribution in [0.5, 0.6) is 0 Å². The summed E-state index contributed by atoms with van der Waals surface area (Å²) in [6.07, 6.45) is 3.09. The Kier molecular flexibility index (Phi) is 4.74. The molecule has 2 fully saturated rings. The smallest absolute Gasteiger partial charge is 0.267 e. The number of ether oxygens (including phenoxy) is 1. The lowest BCUT2D eigenvalue weighted by molar-refractivity contribution is 0.133. The highest BCUT2D eigenvalue weighted by molar-refractivity contribution is 5.81. The number of piperidine rings is 1. The van der Waals surface area contributed by atoms with Gasteiger partial charge in [-0.15, -0.1) is 0 Å². The highest BCUT2D eigenvalue weighted by Crippen LogP contribution is 2.39. The third kappa shape index (κ3) is 3.47. The molecule has 2 aliphatic heterocycles. The Morgan fingerprint density at radius 1 is 1.19 bits per heavy atom. The number of halogens is 2. The fourth-order valence-electron chi connectivity index (χ4n) is 4.36. The first-order valence-electron chi connectivity index (χ1n) is 10.2. The number of H-pyrrole nitrogens is 1. The van der Waals surface area contributed by atoms with Gasteiger partial charge in [0.05, 0.1) is 12.2 Å². The largest absolute Gasteiger partial charge is 0.381 e. The van der Waals surface area contributed by atoms with Crippen molar-refractivity contribution >= 4 is 17.0 Å². The number of nitrogens with one attached hydrogen (secondary N) is 1. The van der Waals surface area contributed by atoms with E-state index in [1.54, 1.807) is 7.05 Å². The molecule has 0 radical (unpaired) electrons. The van der Waals surface area contributed by atoms with Crippen LogP contribution in [0.3, 0.4) is 0 Å². The van der Waals surface area contributed by atoms with Crippen LogP contribution >= 0.6 is 0 Å². The van der Waals surface area contributed by atoms with Crippen LogP contribution in [0.1, 0.15) is 30.5 Å². The molecular formula is C22H21F2N5O2. The number of hydrogen-bond donors (Lipinski definition) is 1. The summed E-state index contributed by atoms with van der Waals surface area (Å²) in [4.78, 5) is 19.8. The van der Waals surface area contributed by atoms with E-state index in [2.05, 4.69) is 31.9 Å². The van der Waals surface area contributed by atoms with Crippen molar-refractivity contribution in [3.05, 3.63) is 51.4 Å². The SMILES string of the molecule is Cn1c(N2CCC3(CCOC3)CC2)nc2n[nH]c(C#Cc3ccc(F)cc3F)c2c1=O. The molecule has 0 aliphatic carbocycles. The number of aromatic amines is 1. The van der Waals surface area contributed by atoms with E-state index in [4.69, 9.17) is 4.74 Å². The van der Waals surface area contributed by atoms with E-state index in [1.807, 2.05) is 0 Å². The summed E-state index contributed by atoms with van der Waals surface area (Å²) in [6, 6.07) is 3.15. The summed E-state index contributed by atoms with van der Waals surface area (Å²) in [5.74, 6) is 4.49. The zero-order valence-electron chi connectivity index (χ0n) is 17.0. The van der Waals surface area contributed by atoms with Gasteiger partial charge in [-0.25, -0.2) is 8.78 Å². The lowest BCUT2D eigenvalue weighted by Gasteiger charge is -2.39. The fraction of sp³-hybridized carbons (Fsp3) is 0.409. The van der Waals surface area contributed by atoms with Crippen molar-refractivity contribution in [2.45, 2.75) is 19.3 Å². The standard InChI is InChI=1S/C22H21F2N5O2/c1-28-20(30)18-17(5-3-14-2-4-15(23)12-16(14)24)26-27-19(18)25-21(28)29-9-6-22(7-10-29)8-11-31-13-22/h2,4,12H,6-11,13H2,1H3,(H,26,27). The second-order valence-electron chi connectivity index (χ2n) is 8.24. The Morgan fingerprint density at radius 3 is 2.71 bits per heavy atom. The summed E-state index contributed by atoms with van der Waals surface area (Å²) >= 11 is 0. The predicted octanol–water partition coefficient (Wildman–Crippen LogP) is 2.34. The number of rotatable bonds is 1. The van der Waals surface area contributed by atoms with Gasteiger partial charge in [0.25, 0.3) is 5.56 Å². The minimum Gasteiger partial charge on any atom is -0.381 e. The van der Waals surface area contributed by atoms with Crippen molar-refractivity contribution < 1.29 is 13.5 Å². The zero-order chi connectivity index (χ0) is 21.6. The molecule has 1 N–H and O–H groups in total. The maximum absolute atomic E-state index is 13.8. The molecule has 3 aromatic rings. The monoisotopic (exact) mass is 425 g/mol. The van der Waals surface area contributed by atoms with E-state index in [0.29, 0.717) is 5.95 Å². The van der Waals surface area contributed by atoms with Crippen LogP contribution in [-0.2, 0) is 11.8 Å². The maximum atomic E-state index is 13.8. The van der Waals surface area contributed by atoms with Crippen molar-refractivity contribution in [2.75, 3.05) is 31.2 Å². The Labute approximate surface area is 177 Å². The summed E-state index contributed by atoms with van der Waals surface area (Å²) in [5.41, 5.74) is 0.529. The van der Waals surface area contributed by atoms with Gasteiger partial charge < -0.3 is 9.64 Å². The van der Waals surface area contributed by atoms with Crippen LogP contribution in [0.15, 0.2) is 23.0 Å². The molecule has 9 heteroatoms. The van der Waals surface area contributed by atoms with Crippen LogP contribution in [-0.4, -0.2) is 46.1 Å². The van der Waals surface area contributed by atoms with Gasteiger partial charge in [-0.2, -0.15) is 10.1 Å². The van der Waals surface area contributed by atoms with Gasteiger partial charge >= 0.3 is 0 Å². The van der Waals surface area contributed by atoms with Gasteiger partial charge in [0.1, 0.15) is 22.7 Å². The molecule has 2 saturated heterocycles. The molecule has 160 valence electrons. The van der Waals surface area contributed by atoms with Crippen LogP contribution in [0.4, 0.5) is 14.7 Å².